The lowest BCUT2D eigenvalue weighted by atomic mass is 9.99. The minimum atomic E-state index is -1.40. The van der Waals surface area contributed by atoms with Gasteiger partial charge in [0.25, 0.3) is 0 Å². The standard InChI is InChI=1S/C17H18N2O3/c1-9(2)19-17(21)13(8-18)14(20)16-11(4)12-7-5-6-10(3)15(12)22-16/h5-7,9,13H,1-4H3,(H,19,21)/t13-/m0/s1. The molecule has 0 saturated heterocycles. The van der Waals surface area contributed by atoms with Crippen molar-refractivity contribution in [1.29, 1.82) is 5.26 Å². The second-order valence-electron chi connectivity index (χ2n) is 5.60. The number of Topliss-reactive ketones (excluding diaryl/α,β-unsaturated/α-hetero) is 1. The number of para-hydroxylation sites is 1. The van der Waals surface area contributed by atoms with Crippen LogP contribution in [-0.4, -0.2) is 17.7 Å². The first kappa shape index (κ1) is 15.8. The SMILES string of the molecule is Cc1c(C(=O)[C@H](C#N)C(=O)NC(C)C)oc2c(C)cccc12. The monoisotopic (exact) mass is 298 g/mol. The number of fused-ring (bicyclic) bond motifs is 1. The van der Waals surface area contributed by atoms with E-state index in [0.29, 0.717) is 11.1 Å². The van der Waals surface area contributed by atoms with E-state index in [0.717, 1.165) is 10.9 Å². The van der Waals surface area contributed by atoms with E-state index in [1.165, 1.54) is 0 Å². The smallest absolute Gasteiger partial charge is 0.245 e. The van der Waals surface area contributed by atoms with Gasteiger partial charge in [-0.25, -0.2) is 0 Å². The Bertz CT molecular complexity index is 781. The number of nitrogens with zero attached hydrogens (tertiary/aromatic N) is 1. The van der Waals surface area contributed by atoms with E-state index in [-0.39, 0.29) is 11.8 Å². The number of rotatable bonds is 4. The van der Waals surface area contributed by atoms with Gasteiger partial charge in [-0.1, -0.05) is 18.2 Å². The van der Waals surface area contributed by atoms with Crippen molar-refractivity contribution in [2.24, 2.45) is 5.92 Å². The Balaban J connectivity index is 2.45. The Morgan fingerprint density at radius 2 is 1.95 bits per heavy atom. The van der Waals surface area contributed by atoms with Crippen LogP contribution in [0, 0.1) is 31.1 Å². The molecule has 2 aromatic rings. The Labute approximate surface area is 128 Å². The number of amides is 1. The molecule has 0 spiro atoms. The van der Waals surface area contributed by atoms with E-state index >= 15 is 0 Å². The average molecular weight is 298 g/mol. The zero-order valence-corrected chi connectivity index (χ0v) is 13.1. The Hall–Kier alpha value is -2.61. The molecule has 1 atom stereocenters. The minimum absolute atomic E-state index is 0.0785. The van der Waals surface area contributed by atoms with Crippen LogP contribution in [0.25, 0.3) is 11.0 Å². The van der Waals surface area contributed by atoms with Crippen molar-refractivity contribution in [3.05, 3.63) is 35.1 Å². The van der Waals surface area contributed by atoms with Gasteiger partial charge in [0.1, 0.15) is 5.58 Å². The molecule has 5 heteroatoms. The van der Waals surface area contributed by atoms with E-state index in [2.05, 4.69) is 5.32 Å². The van der Waals surface area contributed by atoms with Crippen molar-refractivity contribution < 1.29 is 14.0 Å². The Morgan fingerprint density at radius 3 is 2.50 bits per heavy atom. The summed E-state index contributed by atoms with van der Waals surface area (Å²) in [5.74, 6) is -2.52. The van der Waals surface area contributed by atoms with Crippen LogP contribution in [0.15, 0.2) is 22.6 Å². The number of furan rings is 1. The highest BCUT2D eigenvalue weighted by Gasteiger charge is 2.32. The molecule has 0 aliphatic rings. The third kappa shape index (κ3) is 2.73. The van der Waals surface area contributed by atoms with Crippen LogP contribution < -0.4 is 5.32 Å². The largest absolute Gasteiger partial charge is 0.452 e. The van der Waals surface area contributed by atoms with Gasteiger partial charge in [-0.2, -0.15) is 5.26 Å². The summed E-state index contributed by atoms with van der Waals surface area (Å²) in [7, 11) is 0. The van der Waals surface area contributed by atoms with Gasteiger partial charge in [0.05, 0.1) is 6.07 Å². The molecule has 1 aromatic heterocycles. The van der Waals surface area contributed by atoms with Crippen LogP contribution in [0.2, 0.25) is 0 Å². The van der Waals surface area contributed by atoms with Gasteiger partial charge >= 0.3 is 0 Å². The highest BCUT2D eigenvalue weighted by Crippen LogP contribution is 2.29. The average Bonchev–Trinajstić information content (AvgIpc) is 2.78. The summed E-state index contributed by atoms with van der Waals surface area (Å²) in [5, 5.41) is 12.6. The molecule has 0 saturated carbocycles. The molecule has 1 heterocycles. The van der Waals surface area contributed by atoms with Crippen molar-refractivity contribution >= 4 is 22.7 Å². The summed E-state index contributed by atoms with van der Waals surface area (Å²) >= 11 is 0. The van der Waals surface area contributed by atoms with Gasteiger partial charge < -0.3 is 9.73 Å². The van der Waals surface area contributed by atoms with Gasteiger partial charge in [0, 0.05) is 17.0 Å². The first-order valence-electron chi connectivity index (χ1n) is 7.09. The van der Waals surface area contributed by atoms with E-state index in [1.54, 1.807) is 26.8 Å². The number of benzene rings is 1. The normalized spacial score (nSPS) is 12.2. The van der Waals surface area contributed by atoms with Crippen LogP contribution in [-0.2, 0) is 4.79 Å². The fourth-order valence-corrected chi connectivity index (χ4v) is 2.35. The molecule has 0 unspecified atom stereocenters. The molecule has 1 amide bonds. The summed E-state index contributed by atoms with van der Waals surface area (Å²) in [6.45, 7) is 7.18. The van der Waals surface area contributed by atoms with Gasteiger partial charge in [-0.3, -0.25) is 9.59 Å². The molecule has 5 nitrogen and oxygen atoms in total. The molecule has 22 heavy (non-hydrogen) atoms. The lowest BCUT2D eigenvalue weighted by Crippen LogP contribution is -2.38. The lowest BCUT2D eigenvalue weighted by molar-refractivity contribution is -0.122. The second-order valence-corrected chi connectivity index (χ2v) is 5.60. The maximum absolute atomic E-state index is 12.5. The fourth-order valence-electron chi connectivity index (χ4n) is 2.35. The molecule has 0 radical (unpaired) electrons. The molecule has 2 rings (SSSR count). The van der Waals surface area contributed by atoms with Crippen molar-refractivity contribution in [3.63, 3.8) is 0 Å². The van der Waals surface area contributed by atoms with Crippen LogP contribution in [0.5, 0.6) is 0 Å². The maximum Gasteiger partial charge on any atom is 0.245 e. The summed E-state index contributed by atoms with van der Waals surface area (Å²) < 4.78 is 5.65. The number of carbonyl (C=O) groups is 2. The second kappa shape index (κ2) is 6.02. The number of hydrogen-bond donors (Lipinski definition) is 1. The van der Waals surface area contributed by atoms with Gasteiger partial charge in [-0.05, 0) is 33.3 Å². The van der Waals surface area contributed by atoms with Crippen molar-refractivity contribution in [2.45, 2.75) is 33.7 Å². The van der Waals surface area contributed by atoms with Crippen LogP contribution in [0.4, 0.5) is 0 Å². The predicted octanol–water partition coefficient (Wildman–Crippen LogP) is 2.90. The maximum atomic E-state index is 12.5. The summed E-state index contributed by atoms with van der Waals surface area (Å²) in [6, 6.07) is 7.24. The first-order chi connectivity index (χ1) is 10.4. The van der Waals surface area contributed by atoms with E-state index in [4.69, 9.17) is 4.42 Å². The van der Waals surface area contributed by atoms with Crippen molar-refractivity contribution in [3.8, 4) is 6.07 Å². The molecule has 0 bridgehead atoms. The van der Waals surface area contributed by atoms with Crippen LogP contribution >= 0.6 is 0 Å². The van der Waals surface area contributed by atoms with Crippen LogP contribution in [0.3, 0.4) is 0 Å². The van der Waals surface area contributed by atoms with Gasteiger partial charge in [0.2, 0.25) is 11.7 Å². The lowest BCUT2D eigenvalue weighted by Gasteiger charge is -2.11. The quantitative estimate of drug-likeness (QED) is 0.695. The molecule has 0 fully saturated rings. The molecule has 114 valence electrons. The van der Waals surface area contributed by atoms with E-state index in [1.807, 2.05) is 25.1 Å². The first-order valence-corrected chi connectivity index (χ1v) is 7.09. The number of carbonyl (C=O) groups excluding carboxylic acids is 2. The summed E-state index contributed by atoms with van der Waals surface area (Å²) in [6.07, 6.45) is 0. The zero-order valence-electron chi connectivity index (χ0n) is 13.1. The topological polar surface area (TPSA) is 83.1 Å². The molecular formula is C17H18N2O3. The zero-order chi connectivity index (χ0) is 16.4. The van der Waals surface area contributed by atoms with Crippen molar-refractivity contribution in [2.75, 3.05) is 0 Å². The highest BCUT2D eigenvalue weighted by atomic mass is 16.3. The molecule has 0 aliphatic carbocycles. The molecule has 0 aliphatic heterocycles. The van der Waals surface area contributed by atoms with Crippen LogP contribution in [0.1, 0.15) is 35.5 Å². The third-order valence-corrected chi connectivity index (χ3v) is 3.47. The van der Waals surface area contributed by atoms with E-state index in [9.17, 15) is 14.9 Å². The summed E-state index contributed by atoms with van der Waals surface area (Å²) in [5.41, 5.74) is 2.17. The van der Waals surface area contributed by atoms with E-state index < -0.39 is 17.6 Å². The number of hydrogen-bond acceptors (Lipinski definition) is 4. The number of nitriles is 1. The Kier molecular flexibility index (Phi) is 4.32. The third-order valence-electron chi connectivity index (χ3n) is 3.47. The fraction of sp³-hybridized carbons (Fsp3) is 0.353. The highest BCUT2D eigenvalue weighted by molar-refractivity contribution is 6.13. The van der Waals surface area contributed by atoms with Gasteiger partial charge in [-0.15, -0.1) is 0 Å². The predicted molar refractivity (Wildman–Crippen MR) is 82.4 cm³/mol. The van der Waals surface area contributed by atoms with Gasteiger partial charge in [0.15, 0.2) is 11.7 Å². The minimum Gasteiger partial charge on any atom is -0.452 e. The number of ketones is 1. The molecular weight excluding hydrogens is 280 g/mol. The number of nitrogens with one attached hydrogen (secondary N) is 1. The number of aryl methyl sites for hydroxylation is 2. The summed E-state index contributed by atoms with van der Waals surface area (Å²) in [4.78, 5) is 24.5. The molecule has 1 N–H and O–H groups in total. The van der Waals surface area contributed by atoms with Crippen molar-refractivity contribution in [1.82, 2.24) is 5.32 Å². The molecule has 1 aromatic carbocycles. The Morgan fingerprint density at radius 1 is 1.27 bits per heavy atom.